The number of hydrogen-bond acceptors (Lipinski definition) is 5. The molecule has 4 rings (SSSR count). The Kier molecular flexibility index (Phi) is 10.3. The van der Waals surface area contributed by atoms with E-state index in [-0.39, 0.29) is 18.9 Å². The van der Waals surface area contributed by atoms with Gasteiger partial charge in [-0.05, 0) is 93.4 Å². The first-order chi connectivity index (χ1) is 20.4. The molecule has 1 heterocycles. The summed E-state index contributed by atoms with van der Waals surface area (Å²) in [5.74, 6) is -0.307. The second-order valence-corrected chi connectivity index (χ2v) is 12.2. The molecule has 0 radical (unpaired) electrons. The van der Waals surface area contributed by atoms with Crippen LogP contribution < -0.4 is 15.6 Å². The molecule has 13 heteroatoms. The average molecular weight is 690 g/mol. The molecule has 226 valence electrons. The quantitative estimate of drug-likeness (QED) is 0.124. The minimum atomic E-state index is -1.12. The van der Waals surface area contributed by atoms with Crippen LogP contribution in [0.4, 0.5) is 21.0 Å². The topological polar surface area (TPSA) is 118 Å². The Morgan fingerprint density at radius 2 is 1.58 bits per heavy atom. The Balaban J connectivity index is 1.48. The number of amides is 5. The average Bonchev–Trinajstić information content (AvgIpc) is 3.17. The van der Waals surface area contributed by atoms with E-state index in [0.29, 0.717) is 38.6 Å². The number of rotatable bonds is 9. The van der Waals surface area contributed by atoms with Crippen molar-refractivity contribution >= 4 is 74.2 Å². The summed E-state index contributed by atoms with van der Waals surface area (Å²) < 4.78 is 0.941. The van der Waals surface area contributed by atoms with E-state index in [0.717, 1.165) is 10.0 Å². The zero-order chi connectivity index (χ0) is 31.3. The summed E-state index contributed by atoms with van der Waals surface area (Å²) >= 11 is 15.4. The lowest BCUT2D eigenvalue weighted by Crippen LogP contribution is -2.58. The molecule has 1 aliphatic heterocycles. The van der Waals surface area contributed by atoms with E-state index in [9.17, 15) is 19.6 Å². The standard InChI is InChI=1S/C30H31BrCl2N6O4/c1-19(20-6-8-21(31)9-7-20)35-36-26(40)5-4-18-37-29(42)38(25-16-12-23(33)13-17-25)27(30(37,2)3)39(43)28(41)34-24-14-10-22(32)11-15-24/h6-17,27,43H,4-5,18H2,1-3H3,(H,34,41)(H,36,40). The molecule has 1 unspecified atom stereocenters. The van der Waals surface area contributed by atoms with Crippen LogP contribution in [-0.4, -0.2) is 57.1 Å². The van der Waals surface area contributed by atoms with E-state index in [2.05, 4.69) is 31.8 Å². The predicted molar refractivity (Wildman–Crippen MR) is 172 cm³/mol. The van der Waals surface area contributed by atoms with Gasteiger partial charge in [-0.1, -0.05) is 51.3 Å². The third-order valence-electron chi connectivity index (χ3n) is 7.04. The molecule has 0 bridgehead atoms. The van der Waals surface area contributed by atoms with E-state index < -0.39 is 23.8 Å². The van der Waals surface area contributed by atoms with Gasteiger partial charge in [-0.15, -0.1) is 0 Å². The van der Waals surface area contributed by atoms with Gasteiger partial charge in [0.25, 0.3) is 0 Å². The fourth-order valence-corrected chi connectivity index (χ4v) is 5.28. The van der Waals surface area contributed by atoms with Crippen molar-refractivity contribution in [1.82, 2.24) is 15.4 Å². The summed E-state index contributed by atoms with van der Waals surface area (Å²) in [6, 6.07) is 19.2. The number of urea groups is 2. The van der Waals surface area contributed by atoms with E-state index in [1.54, 1.807) is 69.3 Å². The molecule has 1 fully saturated rings. The van der Waals surface area contributed by atoms with E-state index in [4.69, 9.17) is 23.2 Å². The molecule has 0 spiro atoms. The Morgan fingerprint density at radius 3 is 2.19 bits per heavy atom. The number of hydroxylamine groups is 2. The number of carbonyl (C=O) groups excluding carboxylic acids is 3. The van der Waals surface area contributed by atoms with Crippen LogP contribution in [0.2, 0.25) is 10.0 Å². The Labute approximate surface area is 268 Å². The fraction of sp³-hybridized carbons (Fsp3) is 0.267. The molecule has 3 N–H and O–H groups in total. The lowest BCUT2D eigenvalue weighted by Gasteiger charge is -2.38. The molecule has 1 atom stereocenters. The highest BCUT2D eigenvalue weighted by molar-refractivity contribution is 9.10. The van der Waals surface area contributed by atoms with E-state index >= 15 is 0 Å². The van der Waals surface area contributed by atoms with Gasteiger partial charge < -0.3 is 10.2 Å². The van der Waals surface area contributed by atoms with Gasteiger partial charge in [-0.25, -0.2) is 15.0 Å². The number of nitrogens with one attached hydrogen (secondary N) is 2. The molecular formula is C30H31BrCl2N6O4. The van der Waals surface area contributed by atoms with Gasteiger partial charge in [0.1, 0.15) is 0 Å². The van der Waals surface area contributed by atoms with Gasteiger partial charge in [-0.3, -0.25) is 14.9 Å². The third-order valence-corrected chi connectivity index (χ3v) is 8.08. The summed E-state index contributed by atoms with van der Waals surface area (Å²) in [6.45, 7) is 5.47. The van der Waals surface area contributed by atoms with Crippen molar-refractivity contribution in [3.05, 3.63) is 92.9 Å². The third kappa shape index (κ3) is 7.66. The number of hydrogen-bond donors (Lipinski definition) is 3. The van der Waals surface area contributed by atoms with Crippen LogP contribution in [0.1, 0.15) is 39.2 Å². The maximum atomic E-state index is 13.8. The summed E-state index contributed by atoms with van der Waals surface area (Å²) in [5.41, 5.74) is 3.86. The Bertz CT molecular complexity index is 1500. The molecule has 5 amide bonds. The van der Waals surface area contributed by atoms with Crippen LogP contribution in [0.3, 0.4) is 0 Å². The highest BCUT2D eigenvalue weighted by atomic mass is 79.9. The van der Waals surface area contributed by atoms with Crippen molar-refractivity contribution in [3.8, 4) is 0 Å². The number of nitrogens with zero attached hydrogens (tertiary/aromatic N) is 4. The van der Waals surface area contributed by atoms with Crippen molar-refractivity contribution < 1.29 is 19.6 Å². The van der Waals surface area contributed by atoms with Crippen LogP contribution in [0, 0.1) is 0 Å². The normalized spacial score (nSPS) is 16.3. The second kappa shape index (κ2) is 13.8. The predicted octanol–water partition coefficient (Wildman–Crippen LogP) is 7.35. The van der Waals surface area contributed by atoms with Crippen molar-refractivity contribution in [3.63, 3.8) is 0 Å². The largest absolute Gasteiger partial charge is 0.347 e. The number of halogens is 3. The number of anilines is 2. The lowest BCUT2D eigenvalue weighted by molar-refractivity contribution is -0.121. The monoisotopic (exact) mass is 688 g/mol. The molecule has 3 aromatic rings. The first kappa shape index (κ1) is 32.3. The van der Waals surface area contributed by atoms with Crippen LogP contribution >= 0.6 is 39.1 Å². The van der Waals surface area contributed by atoms with Crippen LogP contribution in [-0.2, 0) is 4.79 Å². The minimum Gasteiger partial charge on any atom is -0.315 e. The molecular weight excluding hydrogens is 659 g/mol. The van der Waals surface area contributed by atoms with Gasteiger partial charge >= 0.3 is 12.1 Å². The van der Waals surface area contributed by atoms with E-state index in [1.165, 1.54) is 9.80 Å². The molecule has 3 aromatic carbocycles. The summed E-state index contributed by atoms with van der Waals surface area (Å²) in [6.07, 6.45) is -0.708. The molecule has 0 aromatic heterocycles. The highest BCUT2D eigenvalue weighted by Gasteiger charge is 2.55. The summed E-state index contributed by atoms with van der Waals surface area (Å²) in [5, 5.41) is 19.5. The van der Waals surface area contributed by atoms with Gasteiger partial charge in [0, 0.05) is 38.9 Å². The number of carbonyl (C=O) groups is 3. The Morgan fingerprint density at radius 1 is 1.00 bits per heavy atom. The first-order valence-electron chi connectivity index (χ1n) is 13.4. The van der Waals surface area contributed by atoms with Crippen LogP contribution in [0.5, 0.6) is 0 Å². The maximum absolute atomic E-state index is 13.8. The molecule has 1 saturated heterocycles. The fourth-order valence-electron chi connectivity index (χ4n) is 4.76. The van der Waals surface area contributed by atoms with Gasteiger partial charge in [-0.2, -0.15) is 10.2 Å². The lowest BCUT2D eigenvalue weighted by atomic mass is 9.99. The smallest absolute Gasteiger partial charge is 0.315 e. The number of benzene rings is 3. The highest BCUT2D eigenvalue weighted by Crippen LogP contribution is 2.38. The van der Waals surface area contributed by atoms with Crippen molar-refractivity contribution in [1.29, 1.82) is 0 Å². The molecule has 43 heavy (non-hydrogen) atoms. The molecule has 1 aliphatic rings. The minimum absolute atomic E-state index is 0.0997. The number of hydrazone groups is 1. The molecule has 0 saturated carbocycles. The first-order valence-corrected chi connectivity index (χ1v) is 14.9. The molecule has 10 nitrogen and oxygen atoms in total. The van der Waals surface area contributed by atoms with Crippen molar-refractivity contribution in [2.45, 2.75) is 45.3 Å². The zero-order valence-electron chi connectivity index (χ0n) is 23.7. The van der Waals surface area contributed by atoms with Gasteiger partial charge in [0.15, 0.2) is 6.17 Å². The van der Waals surface area contributed by atoms with Crippen LogP contribution in [0.25, 0.3) is 0 Å². The molecule has 0 aliphatic carbocycles. The van der Waals surface area contributed by atoms with Crippen LogP contribution in [0.15, 0.2) is 82.4 Å². The summed E-state index contributed by atoms with van der Waals surface area (Å²) in [7, 11) is 0. The van der Waals surface area contributed by atoms with Crippen molar-refractivity contribution in [2.75, 3.05) is 16.8 Å². The maximum Gasteiger partial charge on any atom is 0.347 e. The summed E-state index contributed by atoms with van der Waals surface area (Å²) in [4.78, 5) is 42.4. The van der Waals surface area contributed by atoms with E-state index in [1.807, 2.05) is 24.3 Å². The van der Waals surface area contributed by atoms with Gasteiger partial charge in [0.2, 0.25) is 5.91 Å². The SMILES string of the molecule is CC(=NNC(=O)CCCN1C(=O)N(c2ccc(Cl)cc2)C(N(O)C(=O)Nc2ccc(Cl)cc2)C1(C)C)c1ccc(Br)cc1. The second-order valence-electron chi connectivity index (χ2n) is 10.4. The Hall–Kier alpha value is -3.64. The van der Waals surface area contributed by atoms with Gasteiger partial charge in [0.05, 0.1) is 11.3 Å². The van der Waals surface area contributed by atoms with Crippen molar-refractivity contribution in [2.24, 2.45) is 5.10 Å². The zero-order valence-corrected chi connectivity index (χ0v) is 26.8.